The van der Waals surface area contributed by atoms with Crippen LogP contribution >= 0.6 is 46.4 Å². The second-order valence-corrected chi connectivity index (χ2v) is 23.4. The lowest BCUT2D eigenvalue weighted by molar-refractivity contribution is -0.147. The molecule has 2 amide bonds. The molecule has 18 heteroatoms. The highest BCUT2D eigenvalue weighted by Gasteiger charge is 2.55. The maximum absolute atomic E-state index is 13.1. The molecule has 2 atom stereocenters. The maximum atomic E-state index is 13.1. The van der Waals surface area contributed by atoms with Crippen molar-refractivity contribution in [3.63, 3.8) is 0 Å². The molecule has 0 unspecified atom stereocenters. The highest BCUT2D eigenvalue weighted by Crippen LogP contribution is 2.53. The van der Waals surface area contributed by atoms with Crippen LogP contribution < -0.4 is 21.3 Å². The molecule has 0 bridgehead atoms. The summed E-state index contributed by atoms with van der Waals surface area (Å²) in [5, 5.41) is 14.8. The number of ether oxygens (including phenoxy) is 2. The molecular weight excluding hydrogens is 1020 g/mol. The molecule has 4 aromatic rings. The van der Waals surface area contributed by atoms with Gasteiger partial charge in [0.05, 0.1) is 39.1 Å². The van der Waals surface area contributed by atoms with Gasteiger partial charge in [-0.1, -0.05) is 58.5 Å². The number of halogens is 4. The third-order valence-electron chi connectivity index (χ3n) is 16.0. The number of nitrogens with zero attached hydrogens (tertiary/aromatic N) is 4. The van der Waals surface area contributed by atoms with Gasteiger partial charge in [-0.05, 0) is 165 Å². The molecule has 10 rings (SSSR count). The Morgan fingerprint density at radius 3 is 1.62 bits per heavy atom. The van der Waals surface area contributed by atoms with Gasteiger partial charge in [0.25, 0.3) is 0 Å². The minimum absolute atomic E-state index is 0.0254. The van der Waals surface area contributed by atoms with Crippen LogP contribution in [0.25, 0.3) is 0 Å². The number of nitrogens with one attached hydrogen (secondary N) is 4. The fraction of sp³-hybridized carbons (Fsp3) is 0.536. The summed E-state index contributed by atoms with van der Waals surface area (Å²) in [6, 6.07) is 15.8. The molecule has 4 fully saturated rings. The van der Waals surface area contributed by atoms with E-state index in [2.05, 4.69) is 56.2 Å². The fourth-order valence-electron chi connectivity index (χ4n) is 12.2. The average Bonchev–Trinajstić information content (AvgIpc) is 3.32. The first-order valence-corrected chi connectivity index (χ1v) is 27.6. The van der Waals surface area contributed by atoms with Crippen molar-refractivity contribution >= 4 is 81.8 Å². The molecule has 4 aliphatic heterocycles. The summed E-state index contributed by atoms with van der Waals surface area (Å²) in [6.07, 6.45) is 11.2. The summed E-state index contributed by atoms with van der Waals surface area (Å²) < 4.78 is 9.67. The Labute approximate surface area is 454 Å². The first kappa shape index (κ1) is 54.1. The number of carbonyl (C=O) groups excluding carboxylic acids is 4. The van der Waals surface area contributed by atoms with Crippen LogP contribution in [0.15, 0.2) is 54.6 Å². The predicted octanol–water partition coefficient (Wildman–Crippen LogP) is 9.54. The van der Waals surface area contributed by atoms with Gasteiger partial charge in [-0.2, -0.15) is 0 Å². The van der Waals surface area contributed by atoms with Gasteiger partial charge in [-0.15, -0.1) is 0 Å². The number of carbonyl (C=O) groups is 4. The van der Waals surface area contributed by atoms with E-state index in [0.29, 0.717) is 31.2 Å². The van der Waals surface area contributed by atoms with E-state index >= 15 is 0 Å². The topological polar surface area (TPSA) is 167 Å². The number of aryl methyl sites for hydroxylation is 4. The Morgan fingerprint density at radius 1 is 0.649 bits per heavy atom. The Balaban J connectivity index is 0.000000182. The van der Waals surface area contributed by atoms with Gasteiger partial charge in [0.1, 0.15) is 11.6 Å². The normalized spacial score (nSPS) is 20.0. The number of amides is 2. The molecule has 2 spiro atoms. The smallest absolute Gasteiger partial charge is 0.307 e. The van der Waals surface area contributed by atoms with Gasteiger partial charge < -0.3 is 40.5 Å². The van der Waals surface area contributed by atoms with E-state index in [0.717, 1.165) is 140 Å². The maximum Gasteiger partial charge on any atom is 0.307 e. The van der Waals surface area contributed by atoms with Crippen molar-refractivity contribution in [2.24, 2.45) is 22.7 Å². The number of hydrogen-bond acceptors (Lipinski definition) is 12. The standard InChI is InChI=1S/2C28H34Cl2N4O3/c1-17-18(8-19-4-3-6-31-26(19)32-17)5-7-34-15-28(16-34)13-21(14-28)27(36)33-24(12-25(35)37-2)20-9-22(29)11-23(30)10-20;1-37-25(35)13-24(19-10-21(29)12-22(30)11-19)33-27(36)20-14-28(15-20)16-34(17-28)9-3-5-23-7-6-18-4-2-8-31-26(18)32-23/h8-11,21,24H,3-7,12-16H2,1-2H3,(H,31,32)(H,33,36);6-7,10-12,20,24H,2-5,8-9,13-17H2,1H3,(H,31,32)(H,33,36)/t2*24-/m00/s1. The van der Waals surface area contributed by atoms with Crippen LogP contribution in [0, 0.1) is 29.6 Å². The Morgan fingerprint density at radius 2 is 1.12 bits per heavy atom. The molecule has 2 saturated carbocycles. The summed E-state index contributed by atoms with van der Waals surface area (Å²) in [5.41, 5.74) is 8.18. The highest BCUT2D eigenvalue weighted by molar-refractivity contribution is 6.35. The van der Waals surface area contributed by atoms with Gasteiger partial charge in [0.2, 0.25) is 11.8 Å². The molecule has 74 heavy (non-hydrogen) atoms. The van der Waals surface area contributed by atoms with E-state index in [1.54, 1.807) is 36.4 Å². The largest absolute Gasteiger partial charge is 0.469 e. The minimum Gasteiger partial charge on any atom is -0.469 e. The third kappa shape index (κ3) is 13.3. The number of hydrogen-bond donors (Lipinski definition) is 4. The van der Waals surface area contributed by atoms with Crippen molar-refractivity contribution in [2.75, 3.05) is 77.2 Å². The van der Waals surface area contributed by atoms with E-state index in [1.807, 2.05) is 0 Å². The number of aromatic nitrogens is 2. The summed E-state index contributed by atoms with van der Waals surface area (Å²) in [4.78, 5) is 64.6. The van der Waals surface area contributed by atoms with E-state index in [-0.39, 0.29) is 47.3 Å². The van der Waals surface area contributed by atoms with E-state index in [1.165, 1.54) is 37.3 Å². The minimum atomic E-state index is -0.533. The van der Waals surface area contributed by atoms with Crippen LogP contribution in [0.3, 0.4) is 0 Å². The van der Waals surface area contributed by atoms with Crippen molar-refractivity contribution < 1.29 is 28.7 Å². The second-order valence-electron chi connectivity index (χ2n) is 21.7. The molecule has 14 nitrogen and oxygen atoms in total. The molecule has 6 heterocycles. The number of methoxy groups -OCH3 is 2. The monoisotopic (exact) mass is 1090 g/mol. The molecule has 2 aromatic carbocycles. The zero-order valence-corrected chi connectivity index (χ0v) is 45.6. The predicted molar refractivity (Wildman–Crippen MR) is 290 cm³/mol. The molecule has 6 aliphatic rings. The second kappa shape index (κ2) is 23.7. The van der Waals surface area contributed by atoms with Crippen LogP contribution in [0.1, 0.15) is 109 Å². The van der Waals surface area contributed by atoms with Gasteiger partial charge >= 0.3 is 11.9 Å². The first-order chi connectivity index (χ1) is 35.6. The summed E-state index contributed by atoms with van der Waals surface area (Å²) >= 11 is 24.6. The fourth-order valence-corrected chi connectivity index (χ4v) is 13.2. The number of fused-ring (bicyclic) bond motifs is 2. The SMILES string of the molecule is COC(=O)C[C@H](NC(=O)C1CC2(C1)CN(CCCc1ccc3c(n1)NCCC3)C2)c1cc(Cl)cc(Cl)c1.COC(=O)C[C@H](NC(=O)C1CC2(C1)CN(CCc1cc3c(nc1C)NCCC3)C2)c1cc(Cl)cc(Cl)c1. The van der Waals surface area contributed by atoms with Crippen LogP contribution in [-0.2, 0) is 54.3 Å². The number of anilines is 2. The van der Waals surface area contributed by atoms with Crippen molar-refractivity contribution in [3.05, 3.63) is 114 Å². The van der Waals surface area contributed by atoms with E-state index in [4.69, 9.17) is 65.8 Å². The van der Waals surface area contributed by atoms with Crippen LogP contribution in [0.2, 0.25) is 20.1 Å². The molecule has 2 saturated heterocycles. The van der Waals surface area contributed by atoms with Crippen molar-refractivity contribution in [3.8, 4) is 0 Å². The van der Waals surface area contributed by atoms with E-state index in [9.17, 15) is 19.2 Å². The number of pyridine rings is 2. The number of likely N-dealkylation sites (tertiary alicyclic amines) is 2. The zero-order chi connectivity index (χ0) is 52.1. The Hall–Kier alpha value is -4.70. The zero-order valence-electron chi connectivity index (χ0n) is 42.6. The van der Waals surface area contributed by atoms with Gasteiger partial charge in [0.15, 0.2) is 0 Å². The molecule has 0 radical (unpaired) electrons. The van der Waals surface area contributed by atoms with Crippen molar-refractivity contribution in [1.29, 1.82) is 0 Å². The third-order valence-corrected chi connectivity index (χ3v) is 16.8. The number of benzene rings is 2. The summed E-state index contributed by atoms with van der Waals surface area (Å²) in [6.45, 7) is 10.4. The lowest BCUT2D eigenvalue weighted by Gasteiger charge is -2.59. The summed E-state index contributed by atoms with van der Waals surface area (Å²) in [5.74, 6) is 1.18. The van der Waals surface area contributed by atoms with Crippen LogP contribution in [0.4, 0.5) is 11.6 Å². The average molecular weight is 1090 g/mol. The molecule has 2 aliphatic carbocycles. The Bertz CT molecular complexity index is 2680. The summed E-state index contributed by atoms with van der Waals surface area (Å²) in [7, 11) is 2.68. The van der Waals surface area contributed by atoms with Crippen LogP contribution in [-0.4, -0.2) is 110 Å². The number of esters is 2. The molecule has 4 N–H and O–H groups in total. The van der Waals surface area contributed by atoms with Gasteiger partial charge in [-0.3, -0.25) is 19.2 Å². The van der Waals surface area contributed by atoms with Crippen molar-refractivity contribution in [2.45, 2.75) is 102 Å². The van der Waals surface area contributed by atoms with Crippen molar-refractivity contribution in [1.82, 2.24) is 30.4 Å². The van der Waals surface area contributed by atoms with Crippen LogP contribution in [0.5, 0.6) is 0 Å². The van der Waals surface area contributed by atoms with Gasteiger partial charge in [0, 0.05) is 89.1 Å². The quantitative estimate of drug-likeness (QED) is 0.0741. The first-order valence-electron chi connectivity index (χ1n) is 26.1. The number of rotatable bonds is 17. The molecule has 396 valence electrons. The van der Waals surface area contributed by atoms with E-state index < -0.39 is 24.0 Å². The molecule has 2 aromatic heterocycles. The Kier molecular flexibility index (Phi) is 17.3. The lowest BCUT2D eigenvalue weighted by Crippen LogP contribution is -2.64. The van der Waals surface area contributed by atoms with Gasteiger partial charge in [-0.25, -0.2) is 9.97 Å². The molecular formula is C56H68Cl4N8O6. The lowest BCUT2D eigenvalue weighted by atomic mass is 9.57. The highest BCUT2D eigenvalue weighted by atomic mass is 35.5.